The summed E-state index contributed by atoms with van der Waals surface area (Å²) in [5, 5.41) is 7.76. The Hall–Kier alpha value is -0.450. The van der Waals surface area contributed by atoms with Gasteiger partial charge in [0.2, 0.25) is 0 Å². The molecule has 0 atom stereocenters. The maximum Gasteiger partial charge on any atom is 0.191 e. The number of methoxy groups -OCH3 is 1. The van der Waals surface area contributed by atoms with Crippen LogP contribution in [0, 0.1) is 6.92 Å². The molecule has 1 aliphatic carbocycles. The molecular weight excluding hydrogens is 425 g/mol. The van der Waals surface area contributed by atoms with Crippen molar-refractivity contribution in [3.63, 3.8) is 0 Å². The normalized spacial score (nSPS) is 14.7. The molecule has 6 nitrogen and oxygen atoms in total. The van der Waals surface area contributed by atoms with E-state index in [2.05, 4.69) is 32.4 Å². The van der Waals surface area contributed by atoms with E-state index in [1.54, 1.807) is 25.5 Å². The average molecular weight is 453 g/mol. The van der Waals surface area contributed by atoms with Crippen molar-refractivity contribution < 1.29 is 4.74 Å². The fraction of sp³-hybridized carbons (Fsp3) is 0.733. The van der Waals surface area contributed by atoms with Gasteiger partial charge in [0.05, 0.1) is 13.2 Å². The van der Waals surface area contributed by atoms with E-state index in [0.717, 1.165) is 43.3 Å². The molecule has 1 saturated carbocycles. The van der Waals surface area contributed by atoms with E-state index in [9.17, 15) is 0 Å². The van der Waals surface area contributed by atoms with E-state index in [4.69, 9.17) is 4.74 Å². The number of ether oxygens (including phenoxy) is 1. The molecular formula is C15H28IN5OS. The number of nitrogens with zero attached hydrogens (tertiary/aromatic N) is 3. The number of halogens is 1. The monoisotopic (exact) mass is 453 g/mol. The summed E-state index contributed by atoms with van der Waals surface area (Å²) in [4.78, 5) is 12.3. The van der Waals surface area contributed by atoms with Gasteiger partial charge >= 0.3 is 0 Å². The Balaban J connectivity index is 0.00000264. The third-order valence-corrected chi connectivity index (χ3v) is 4.55. The van der Waals surface area contributed by atoms with E-state index in [1.807, 2.05) is 6.20 Å². The summed E-state index contributed by atoms with van der Waals surface area (Å²) in [6.45, 7) is 6.50. The Morgan fingerprint density at radius 1 is 1.43 bits per heavy atom. The summed E-state index contributed by atoms with van der Waals surface area (Å²) >= 11 is 1.71. The van der Waals surface area contributed by atoms with Crippen LogP contribution < -0.4 is 10.6 Å². The minimum absolute atomic E-state index is 0. The van der Waals surface area contributed by atoms with E-state index >= 15 is 0 Å². The molecule has 1 aliphatic rings. The average Bonchev–Trinajstić information content (AvgIpc) is 3.28. The Morgan fingerprint density at radius 3 is 2.78 bits per heavy atom. The van der Waals surface area contributed by atoms with Crippen LogP contribution in [0.4, 0.5) is 0 Å². The molecule has 0 aromatic carbocycles. The van der Waals surface area contributed by atoms with Gasteiger partial charge in [-0.1, -0.05) is 0 Å². The van der Waals surface area contributed by atoms with Crippen LogP contribution in [-0.4, -0.2) is 62.3 Å². The van der Waals surface area contributed by atoms with Crippen LogP contribution in [0.2, 0.25) is 0 Å². The maximum atomic E-state index is 5.18. The molecule has 8 heteroatoms. The van der Waals surface area contributed by atoms with Crippen molar-refractivity contribution in [3.8, 4) is 0 Å². The fourth-order valence-corrected chi connectivity index (χ4v) is 3.03. The van der Waals surface area contributed by atoms with Gasteiger partial charge in [0, 0.05) is 50.9 Å². The van der Waals surface area contributed by atoms with Crippen molar-refractivity contribution >= 4 is 41.3 Å². The number of hydrogen-bond donors (Lipinski definition) is 2. The lowest BCUT2D eigenvalue weighted by Gasteiger charge is -2.22. The highest BCUT2D eigenvalue weighted by molar-refractivity contribution is 14.0. The Kier molecular flexibility index (Phi) is 10.00. The number of nitrogens with one attached hydrogen (secondary N) is 2. The fourth-order valence-electron chi connectivity index (χ4n) is 2.31. The standard InChI is InChI=1S/C15H27N5OS.HI/c1-12-10-18-14(22-12)11-19-15(16-2)17-6-7-20(8-9-21-3)13-4-5-13;/h10,13H,4-9,11H2,1-3H3,(H2,16,17,19);1H. The lowest BCUT2D eigenvalue weighted by molar-refractivity contribution is 0.144. The highest BCUT2D eigenvalue weighted by Gasteiger charge is 2.28. The first-order chi connectivity index (χ1) is 10.7. The molecule has 0 unspecified atom stereocenters. The highest BCUT2D eigenvalue weighted by Crippen LogP contribution is 2.25. The van der Waals surface area contributed by atoms with Gasteiger partial charge in [-0.05, 0) is 19.8 Å². The van der Waals surface area contributed by atoms with Crippen molar-refractivity contribution in [1.29, 1.82) is 0 Å². The summed E-state index contributed by atoms with van der Waals surface area (Å²) < 4.78 is 5.18. The topological polar surface area (TPSA) is 61.8 Å². The summed E-state index contributed by atoms with van der Waals surface area (Å²) in [5.41, 5.74) is 0. The van der Waals surface area contributed by atoms with Crippen LogP contribution >= 0.6 is 35.3 Å². The van der Waals surface area contributed by atoms with Gasteiger partial charge in [-0.15, -0.1) is 35.3 Å². The van der Waals surface area contributed by atoms with Crippen LogP contribution in [0.1, 0.15) is 22.7 Å². The molecule has 0 aliphatic heterocycles. The molecule has 2 N–H and O–H groups in total. The number of guanidine groups is 1. The van der Waals surface area contributed by atoms with E-state index < -0.39 is 0 Å². The van der Waals surface area contributed by atoms with Crippen LogP contribution in [0.15, 0.2) is 11.2 Å². The molecule has 0 saturated heterocycles. The van der Waals surface area contributed by atoms with Gasteiger partial charge in [0.15, 0.2) is 5.96 Å². The smallest absolute Gasteiger partial charge is 0.191 e. The van der Waals surface area contributed by atoms with Crippen LogP contribution in [0.25, 0.3) is 0 Å². The zero-order chi connectivity index (χ0) is 15.8. The first kappa shape index (κ1) is 20.6. The van der Waals surface area contributed by atoms with Gasteiger partial charge < -0.3 is 15.4 Å². The molecule has 0 spiro atoms. The number of thiazole rings is 1. The summed E-state index contributed by atoms with van der Waals surface area (Å²) in [7, 11) is 3.56. The van der Waals surface area contributed by atoms with E-state index in [-0.39, 0.29) is 24.0 Å². The lowest BCUT2D eigenvalue weighted by atomic mass is 10.4. The third kappa shape index (κ3) is 7.77. The molecule has 132 valence electrons. The molecule has 0 bridgehead atoms. The van der Waals surface area contributed by atoms with Gasteiger partial charge in [-0.2, -0.15) is 0 Å². The molecule has 23 heavy (non-hydrogen) atoms. The predicted molar refractivity (Wildman–Crippen MR) is 107 cm³/mol. The first-order valence-electron chi connectivity index (χ1n) is 7.81. The minimum Gasteiger partial charge on any atom is -0.383 e. The van der Waals surface area contributed by atoms with Crippen molar-refractivity contribution in [1.82, 2.24) is 20.5 Å². The highest BCUT2D eigenvalue weighted by atomic mass is 127. The van der Waals surface area contributed by atoms with E-state index in [1.165, 1.54) is 17.7 Å². The lowest BCUT2D eigenvalue weighted by Crippen LogP contribution is -2.42. The molecule has 1 aromatic heterocycles. The molecule has 2 rings (SSSR count). The molecule has 0 amide bonds. The molecule has 1 heterocycles. The predicted octanol–water partition coefficient (Wildman–Crippen LogP) is 1.85. The molecule has 1 aromatic rings. The van der Waals surface area contributed by atoms with Gasteiger partial charge in [0.25, 0.3) is 0 Å². The molecule has 1 fully saturated rings. The minimum atomic E-state index is 0. The first-order valence-corrected chi connectivity index (χ1v) is 8.63. The largest absolute Gasteiger partial charge is 0.383 e. The number of aromatic nitrogens is 1. The maximum absolute atomic E-state index is 5.18. The van der Waals surface area contributed by atoms with E-state index in [0.29, 0.717) is 6.54 Å². The van der Waals surface area contributed by atoms with Crippen LogP contribution in [0.5, 0.6) is 0 Å². The Labute approximate surface area is 160 Å². The second-order valence-electron chi connectivity index (χ2n) is 5.48. The zero-order valence-corrected chi connectivity index (χ0v) is 17.3. The second-order valence-corrected chi connectivity index (χ2v) is 6.80. The van der Waals surface area contributed by atoms with Crippen molar-refractivity contribution in [3.05, 3.63) is 16.1 Å². The Bertz CT molecular complexity index is 478. The van der Waals surface area contributed by atoms with Crippen LogP contribution in [0.3, 0.4) is 0 Å². The van der Waals surface area contributed by atoms with Crippen molar-refractivity contribution in [2.75, 3.05) is 40.4 Å². The number of hydrogen-bond acceptors (Lipinski definition) is 5. The summed E-state index contributed by atoms with van der Waals surface area (Å²) in [5.74, 6) is 0.829. The van der Waals surface area contributed by atoms with Gasteiger partial charge in [-0.3, -0.25) is 9.89 Å². The quantitative estimate of drug-likeness (QED) is 0.340. The number of rotatable bonds is 9. The Morgan fingerprint density at radius 2 is 2.22 bits per heavy atom. The van der Waals surface area contributed by atoms with Crippen LogP contribution in [-0.2, 0) is 11.3 Å². The third-order valence-electron chi connectivity index (χ3n) is 3.64. The SMILES string of the molecule is CN=C(NCCN(CCOC)C1CC1)NCc1ncc(C)s1.I. The number of aliphatic imine (C=N–C) groups is 1. The van der Waals surface area contributed by atoms with Gasteiger partial charge in [-0.25, -0.2) is 4.98 Å². The van der Waals surface area contributed by atoms with Crippen molar-refractivity contribution in [2.24, 2.45) is 4.99 Å². The zero-order valence-electron chi connectivity index (χ0n) is 14.2. The number of aryl methyl sites for hydroxylation is 1. The summed E-state index contributed by atoms with van der Waals surface area (Å²) in [6, 6.07) is 0.755. The second kappa shape index (κ2) is 11.2. The molecule has 0 radical (unpaired) electrons. The summed E-state index contributed by atoms with van der Waals surface area (Å²) in [6.07, 6.45) is 4.54. The van der Waals surface area contributed by atoms with Gasteiger partial charge in [0.1, 0.15) is 5.01 Å². The van der Waals surface area contributed by atoms with Crippen molar-refractivity contribution in [2.45, 2.75) is 32.4 Å².